The number of ether oxygens (including phenoxy) is 1. The number of carbonyl (C=O) groups excluding carboxylic acids is 2. The first-order chi connectivity index (χ1) is 16.8. The van der Waals surface area contributed by atoms with Gasteiger partial charge in [-0.25, -0.2) is 8.78 Å². The van der Waals surface area contributed by atoms with Gasteiger partial charge in [-0.05, 0) is 23.6 Å². The van der Waals surface area contributed by atoms with Crippen molar-refractivity contribution in [1.29, 1.82) is 5.26 Å². The molecule has 0 radical (unpaired) electrons. The number of hydrogen-bond acceptors (Lipinski definition) is 5. The summed E-state index contributed by atoms with van der Waals surface area (Å²) in [6.45, 7) is 0.0801. The minimum Gasteiger partial charge on any atom is -0.461 e. The topological polar surface area (TPSA) is 92.1 Å². The van der Waals surface area contributed by atoms with E-state index in [1.165, 1.54) is 6.20 Å². The van der Waals surface area contributed by atoms with E-state index in [2.05, 4.69) is 10.3 Å². The van der Waals surface area contributed by atoms with Gasteiger partial charge in [-0.15, -0.1) is 0 Å². The highest BCUT2D eigenvalue weighted by molar-refractivity contribution is 5.99. The number of nitriles is 1. The number of pyridine rings is 1. The third-order valence-electron chi connectivity index (χ3n) is 5.80. The number of para-hydroxylation sites is 1. The van der Waals surface area contributed by atoms with E-state index in [0.29, 0.717) is 10.9 Å². The Hall–Kier alpha value is -4.12. The number of hydrogen-bond donors (Lipinski definition) is 1. The van der Waals surface area contributed by atoms with Crippen molar-refractivity contribution in [3.63, 3.8) is 0 Å². The molecule has 4 rings (SSSR count). The molecule has 35 heavy (non-hydrogen) atoms. The fraction of sp³-hybridized carbons (Fsp3) is 0.259. The fourth-order valence-electron chi connectivity index (χ4n) is 3.92. The third kappa shape index (κ3) is 6.07. The molecule has 1 atom stereocenters. The summed E-state index contributed by atoms with van der Waals surface area (Å²) in [7, 11) is 0. The molecule has 1 aliphatic carbocycles. The second-order valence-electron chi connectivity index (χ2n) is 8.40. The molecule has 0 saturated heterocycles. The largest absolute Gasteiger partial charge is 0.461 e. The first kappa shape index (κ1) is 24.0. The van der Waals surface area contributed by atoms with Crippen LogP contribution in [0.2, 0.25) is 0 Å². The number of nitrogens with zero attached hydrogens (tertiary/aromatic N) is 2. The fourth-order valence-corrected chi connectivity index (χ4v) is 3.92. The Morgan fingerprint density at radius 2 is 1.97 bits per heavy atom. The van der Waals surface area contributed by atoms with Crippen LogP contribution in [0.15, 0.2) is 66.9 Å². The normalized spacial score (nSPS) is 15.5. The van der Waals surface area contributed by atoms with Crippen LogP contribution in [0.3, 0.4) is 0 Å². The Balaban J connectivity index is 1.42. The number of nitrogens with one attached hydrogen (secondary N) is 1. The molecule has 0 fully saturated rings. The van der Waals surface area contributed by atoms with Crippen molar-refractivity contribution in [2.75, 3.05) is 0 Å². The second kappa shape index (κ2) is 10.4. The number of rotatable bonds is 7. The van der Waals surface area contributed by atoms with E-state index in [1.807, 2.05) is 42.5 Å². The molecule has 1 N–H and O–H groups in total. The Kier molecular flexibility index (Phi) is 7.16. The van der Waals surface area contributed by atoms with Crippen molar-refractivity contribution in [3.8, 4) is 6.07 Å². The maximum absolute atomic E-state index is 13.5. The third-order valence-corrected chi connectivity index (χ3v) is 5.80. The van der Waals surface area contributed by atoms with Crippen molar-refractivity contribution < 1.29 is 23.1 Å². The molecule has 8 heteroatoms. The van der Waals surface area contributed by atoms with E-state index in [0.717, 1.165) is 16.7 Å². The van der Waals surface area contributed by atoms with Gasteiger partial charge >= 0.3 is 5.97 Å². The summed E-state index contributed by atoms with van der Waals surface area (Å²) < 4.78 is 32.2. The van der Waals surface area contributed by atoms with Gasteiger partial charge in [0.1, 0.15) is 12.6 Å². The smallest absolute Gasteiger partial charge is 0.309 e. The number of halogens is 2. The maximum Gasteiger partial charge on any atom is 0.309 e. The number of fused-ring (bicyclic) bond motifs is 1. The molecular formula is C27H23F2N3O3. The Labute approximate surface area is 201 Å². The summed E-state index contributed by atoms with van der Waals surface area (Å²) in [6.07, 6.45) is 2.37. The highest BCUT2D eigenvalue weighted by atomic mass is 19.3. The van der Waals surface area contributed by atoms with Crippen LogP contribution in [0.4, 0.5) is 8.78 Å². The Bertz CT molecular complexity index is 1320. The lowest BCUT2D eigenvalue weighted by molar-refractivity contribution is -0.145. The number of aromatic nitrogens is 1. The van der Waals surface area contributed by atoms with E-state index in [9.17, 15) is 23.6 Å². The standard InChI is InChI=1S/C27H23F2N3O3/c28-27(29)11-9-19(10-12-27)23-8-4-7-20-13-21(16-31-25(20)23)26(34)32-22(15-30)14-24(33)35-17-18-5-2-1-3-6-18/h1-9,13,16,22H,10-12,14,17H2,(H,32,34)/t22-/m1/s1. The lowest BCUT2D eigenvalue weighted by atomic mass is 9.90. The van der Waals surface area contributed by atoms with E-state index in [1.54, 1.807) is 24.3 Å². The lowest BCUT2D eigenvalue weighted by Crippen LogP contribution is -2.35. The van der Waals surface area contributed by atoms with Gasteiger partial charge in [0.05, 0.1) is 23.6 Å². The molecule has 6 nitrogen and oxygen atoms in total. The number of amides is 1. The minimum atomic E-state index is -2.68. The predicted molar refractivity (Wildman–Crippen MR) is 126 cm³/mol. The molecule has 1 aromatic heterocycles. The lowest BCUT2D eigenvalue weighted by Gasteiger charge is -2.22. The molecular weight excluding hydrogens is 452 g/mol. The monoisotopic (exact) mass is 475 g/mol. The van der Waals surface area contributed by atoms with Crippen LogP contribution in [-0.4, -0.2) is 28.8 Å². The molecule has 0 unspecified atom stereocenters. The van der Waals surface area contributed by atoms with Gasteiger partial charge in [-0.3, -0.25) is 14.6 Å². The first-order valence-electron chi connectivity index (χ1n) is 11.2. The number of benzene rings is 2. The highest BCUT2D eigenvalue weighted by Gasteiger charge is 2.31. The van der Waals surface area contributed by atoms with Crippen LogP contribution in [0.5, 0.6) is 0 Å². The summed E-state index contributed by atoms with van der Waals surface area (Å²) in [6, 6.07) is 17.0. The van der Waals surface area contributed by atoms with Gasteiger partial charge in [-0.2, -0.15) is 5.26 Å². The average molecular weight is 475 g/mol. The van der Waals surface area contributed by atoms with Crippen LogP contribution in [0, 0.1) is 11.3 Å². The zero-order valence-corrected chi connectivity index (χ0v) is 18.8. The molecule has 0 spiro atoms. The number of alkyl halides is 2. The number of carbonyl (C=O) groups is 2. The summed E-state index contributed by atoms with van der Waals surface area (Å²) in [5, 5.41) is 12.6. The van der Waals surface area contributed by atoms with Crippen molar-refractivity contribution in [2.45, 2.75) is 44.3 Å². The second-order valence-corrected chi connectivity index (χ2v) is 8.40. The van der Waals surface area contributed by atoms with E-state index in [4.69, 9.17) is 4.74 Å². The van der Waals surface area contributed by atoms with Crippen molar-refractivity contribution in [3.05, 3.63) is 83.6 Å². The van der Waals surface area contributed by atoms with E-state index in [-0.39, 0.29) is 37.9 Å². The molecule has 1 heterocycles. The minimum absolute atomic E-state index is 0.0801. The van der Waals surface area contributed by atoms with Crippen molar-refractivity contribution in [1.82, 2.24) is 10.3 Å². The number of esters is 1. The zero-order chi connectivity index (χ0) is 24.8. The molecule has 0 bridgehead atoms. The van der Waals surface area contributed by atoms with Gasteiger partial charge in [0, 0.05) is 30.0 Å². The summed E-state index contributed by atoms with van der Waals surface area (Å²) >= 11 is 0. The summed E-state index contributed by atoms with van der Waals surface area (Å²) in [5.41, 5.74) is 3.22. The van der Waals surface area contributed by atoms with Crippen LogP contribution in [-0.2, 0) is 16.1 Å². The SMILES string of the molecule is N#C[C@@H](CC(=O)OCc1ccccc1)NC(=O)c1cnc2c(C3=CCC(F)(F)CC3)cccc2c1. The van der Waals surface area contributed by atoms with Gasteiger partial charge in [0.15, 0.2) is 0 Å². The Morgan fingerprint density at radius 1 is 1.17 bits per heavy atom. The van der Waals surface area contributed by atoms with E-state index >= 15 is 0 Å². The van der Waals surface area contributed by atoms with E-state index < -0.39 is 23.8 Å². The van der Waals surface area contributed by atoms with Crippen LogP contribution in [0.1, 0.15) is 47.2 Å². The van der Waals surface area contributed by atoms with Crippen molar-refractivity contribution >= 4 is 28.4 Å². The van der Waals surface area contributed by atoms with Gasteiger partial charge < -0.3 is 10.1 Å². The van der Waals surface area contributed by atoms with Crippen LogP contribution >= 0.6 is 0 Å². The molecule has 2 aromatic carbocycles. The quantitative estimate of drug-likeness (QED) is 0.475. The molecule has 178 valence electrons. The van der Waals surface area contributed by atoms with Gasteiger partial charge in [-0.1, -0.05) is 54.6 Å². The predicted octanol–water partition coefficient (Wildman–Crippen LogP) is 5.19. The molecule has 1 amide bonds. The zero-order valence-electron chi connectivity index (χ0n) is 18.8. The van der Waals surface area contributed by atoms with Gasteiger partial charge in [0.25, 0.3) is 11.8 Å². The van der Waals surface area contributed by atoms with Crippen molar-refractivity contribution in [2.24, 2.45) is 0 Å². The molecule has 0 aliphatic heterocycles. The maximum atomic E-state index is 13.5. The highest BCUT2D eigenvalue weighted by Crippen LogP contribution is 2.37. The average Bonchev–Trinajstić information content (AvgIpc) is 2.87. The Morgan fingerprint density at radius 3 is 2.69 bits per heavy atom. The summed E-state index contributed by atoms with van der Waals surface area (Å²) in [4.78, 5) is 29.3. The summed E-state index contributed by atoms with van der Waals surface area (Å²) in [5.74, 6) is -3.84. The molecule has 3 aromatic rings. The number of allylic oxidation sites excluding steroid dienone is 2. The van der Waals surface area contributed by atoms with Crippen LogP contribution < -0.4 is 5.32 Å². The molecule has 1 aliphatic rings. The molecule has 0 saturated carbocycles. The van der Waals surface area contributed by atoms with Crippen LogP contribution in [0.25, 0.3) is 16.5 Å². The first-order valence-corrected chi connectivity index (χ1v) is 11.2. The van der Waals surface area contributed by atoms with Gasteiger partial charge in [0.2, 0.25) is 0 Å².